The quantitative estimate of drug-likeness (QED) is 0.211. The van der Waals surface area contributed by atoms with Gasteiger partial charge in [0.1, 0.15) is 0 Å². The van der Waals surface area contributed by atoms with Crippen LogP contribution in [0.1, 0.15) is 39.9 Å². The van der Waals surface area contributed by atoms with Gasteiger partial charge in [0, 0.05) is 6.42 Å². The Morgan fingerprint density at radius 3 is 1.71 bits per heavy atom. The first kappa shape index (κ1) is 25.4. The predicted molar refractivity (Wildman–Crippen MR) is 124 cm³/mol. The number of aliphatic imine (C=N–C) groups is 1. The van der Waals surface area contributed by atoms with Crippen LogP contribution >= 0.6 is 12.2 Å². The van der Waals surface area contributed by atoms with Crippen molar-refractivity contribution in [1.29, 1.82) is 0 Å². The summed E-state index contributed by atoms with van der Waals surface area (Å²) in [5, 5.41) is 3.08. The molecule has 0 unspecified atom stereocenters. The van der Waals surface area contributed by atoms with E-state index in [0.29, 0.717) is 12.1 Å². The Kier molecular flexibility index (Phi) is 7.76. The van der Waals surface area contributed by atoms with Crippen LogP contribution in [0, 0.1) is 0 Å². The second-order valence-corrected chi connectivity index (χ2v) is 8.08. The van der Waals surface area contributed by atoms with Crippen molar-refractivity contribution in [3.8, 4) is 0 Å². The van der Waals surface area contributed by atoms with Crippen LogP contribution in [-0.4, -0.2) is 11.7 Å². The number of hydrogen-bond acceptors (Lipinski definition) is 2. The van der Waals surface area contributed by atoms with E-state index in [1.54, 1.807) is 12.1 Å². The van der Waals surface area contributed by atoms with Crippen molar-refractivity contribution >= 4 is 23.9 Å². The lowest BCUT2D eigenvalue weighted by Gasteiger charge is -2.27. The monoisotopic (exact) mass is 494 g/mol. The summed E-state index contributed by atoms with van der Waals surface area (Å²) >= 11 is 5.37. The van der Waals surface area contributed by atoms with Crippen molar-refractivity contribution < 1.29 is 26.3 Å². The second kappa shape index (κ2) is 10.4. The number of halogens is 6. The summed E-state index contributed by atoms with van der Waals surface area (Å²) in [6, 6.07) is 18.7. The van der Waals surface area contributed by atoms with Gasteiger partial charge in [0.05, 0.1) is 28.2 Å². The zero-order valence-electron chi connectivity index (χ0n) is 17.7. The van der Waals surface area contributed by atoms with Crippen LogP contribution in [0.4, 0.5) is 26.3 Å². The van der Waals surface area contributed by atoms with Crippen LogP contribution in [-0.2, 0) is 18.8 Å². The lowest BCUT2D eigenvalue weighted by Crippen LogP contribution is -2.32. The maximum atomic E-state index is 13.2. The first-order valence-electron chi connectivity index (χ1n) is 10.1. The van der Waals surface area contributed by atoms with E-state index in [0.717, 1.165) is 11.1 Å². The number of rotatable bonds is 7. The van der Waals surface area contributed by atoms with Gasteiger partial charge in [0.25, 0.3) is 0 Å². The molecule has 0 radical (unpaired) electrons. The molecular weight excluding hydrogens is 474 g/mol. The molecule has 2 atom stereocenters. The minimum absolute atomic E-state index is 0.0749. The van der Waals surface area contributed by atoms with Crippen LogP contribution in [0.5, 0.6) is 0 Å². The summed E-state index contributed by atoms with van der Waals surface area (Å²) in [6.45, 7) is 3.67. The van der Waals surface area contributed by atoms with E-state index in [2.05, 4.69) is 17.0 Å². The highest BCUT2D eigenvalue weighted by Crippen LogP contribution is 2.37. The number of alkyl halides is 6. The SMILES string of the molecule is C=N[C@H](c1ccccc1)[C@H](NC(=S)Cc1cc(C(F)(F)F)cc(C(F)(F)F)c1)c1ccccc1. The lowest BCUT2D eigenvalue weighted by atomic mass is 9.93. The highest BCUT2D eigenvalue weighted by atomic mass is 32.1. The van der Waals surface area contributed by atoms with Gasteiger partial charge < -0.3 is 5.32 Å². The average molecular weight is 495 g/mol. The van der Waals surface area contributed by atoms with Crippen molar-refractivity contribution in [3.05, 3.63) is 107 Å². The summed E-state index contributed by atoms with van der Waals surface area (Å²) in [5.74, 6) is 0. The summed E-state index contributed by atoms with van der Waals surface area (Å²) in [5.41, 5.74) is -1.36. The molecule has 0 aliphatic rings. The molecule has 0 spiro atoms. The smallest absolute Gasteiger partial charge is 0.370 e. The maximum Gasteiger partial charge on any atom is 0.416 e. The standard InChI is InChI=1S/C25H20F6N2S/c1-32-22(17-8-4-2-5-9-17)23(18-10-6-3-7-11-18)33-21(34)14-16-12-19(24(26,27)28)15-20(13-16)25(29,30)31/h2-13,15,22-23H,1,14H2,(H,33,34)/t22-,23-/m1/s1. The van der Waals surface area contributed by atoms with Gasteiger partial charge in [-0.3, -0.25) is 4.99 Å². The third kappa shape index (κ3) is 6.44. The fourth-order valence-electron chi connectivity index (χ4n) is 3.59. The fraction of sp³-hybridized carbons (Fsp3) is 0.200. The Labute approximate surface area is 198 Å². The van der Waals surface area contributed by atoms with Crippen LogP contribution in [0.3, 0.4) is 0 Å². The molecule has 178 valence electrons. The molecule has 9 heteroatoms. The largest absolute Gasteiger partial charge is 0.416 e. The molecule has 0 aliphatic heterocycles. The van der Waals surface area contributed by atoms with Crippen LogP contribution in [0.25, 0.3) is 0 Å². The van der Waals surface area contributed by atoms with Gasteiger partial charge in [-0.05, 0) is 41.6 Å². The van der Waals surface area contributed by atoms with Gasteiger partial charge in [-0.1, -0.05) is 72.9 Å². The maximum absolute atomic E-state index is 13.2. The van der Waals surface area contributed by atoms with Crippen molar-refractivity contribution in [3.63, 3.8) is 0 Å². The van der Waals surface area contributed by atoms with E-state index in [1.807, 2.05) is 48.5 Å². The molecule has 0 saturated carbocycles. The van der Waals surface area contributed by atoms with Crippen molar-refractivity contribution in [2.75, 3.05) is 0 Å². The van der Waals surface area contributed by atoms with Crippen molar-refractivity contribution in [2.24, 2.45) is 4.99 Å². The first-order valence-corrected chi connectivity index (χ1v) is 10.5. The van der Waals surface area contributed by atoms with Crippen LogP contribution < -0.4 is 5.32 Å². The Hall–Kier alpha value is -3.20. The fourth-order valence-corrected chi connectivity index (χ4v) is 3.88. The number of thiocarbonyl (C=S) groups is 1. The molecule has 0 heterocycles. The highest BCUT2D eigenvalue weighted by Gasteiger charge is 2.37. The summed E-state index contributed by atoms with van der Waals surface area (Å²) < 4.78 is 79.3. The third-order valence-corrected chi connectivity index (χ3v) is 5.40. The molecular formula is C25H20F6N2S. The summed E-state index contributed by atoms with van der Waals surface area (Å²) in [7, 11) is 0. The zero-order chi connectivity index (χ0) is 24.9. The topological polar surface area (TPSA) is 24.4 Å². The number of hydrogen-bond donors (Lipinski definition) is 1. The van der Waals surface area contributed by atoms with Gasteiger partial charge in [-0.15, -0.1) is 0 Å². The van der Waals surface area contributed by atoms with Gasteiger partial charge in [0.2, 0.25) is 0 Å². The summed E-state index contributed by atoms with van der Waals surface area (Å²) in [4.78, 5) is 4.29. The van der Waals surface area contributed by atoms with Gasteiger partial charge in [0.15, 0.2) is 0 Å². The van der Waals surface area contributed by atoms with Crippen molar-refractivity contribution in [1.82, 2.24) is 5.32 Å². The van der Waals surface area contributed by atoms with Crippen molar-refractivity contribution in [2.45, 2.75) is 30.9 Å². The average Bonchev–Trinajstić information content (AvgIpc) is 2.79. The molecule has 2 nitrogen and oxygen atoms in total. The van der Waals surface area contributed by atoms with E-state index in [4.69, 9.17) is 12.2 Å². The Balaban J connectivity index is 1.93. The molecule has 0 saturated heterocycles. The van der Waals surface area contributed by atoms with E-state index in [1.165, 1.54) is 0 Å². The highest BCUT2D eigenvalue weighted by molar-refractivity contribution is 7.80. The molecule has 0 aromatic heterocycles. The number of nitrogens with one attached hydrogen (secondary N) is 1. The molecule has 0 bridgehead atoms. The van der Waals surface area contributed by atoms with E-state index in [9.17, 15) is 26.3 Å². The molecule has 3 aromatic carbocycles. The Bertz CT molecular complexity index is 1100. The normalized spacial score (nSPS) is 13.7. The first-order chi connectivity index (χ1) is 16.0. The molecule has 1 N–H and O–H groups in total. The van der Waals surface area contributed by atoms with E-state index < -0.39 is 35.6 Å². The number of benzene rings is 3. The lowest BCUT2D eigenvalue weighted by molar-refractivity contribution is -0.143. The number of nitrogens with zero attached hydrogens (tertiary/aromatic N) is 1. The zero-order valence-corrected chi connectivity index (χ0v) is 18.5. The predicted octanol–water partition coefficient (Wildman–Crippen LogP) is 7.37. The van der Waals surface area contributed by atoms with Crippen LogP contribution in [0.15, 0.2) is 83.9 Å². The second-order valence-electron chi connectivity index (χ2n) is 7.58. The molecule has 34 heavy (non-hydrogen) atoms. The van der Waals surface area contributed by atoms with Gasteiger partial charge >= 0.3 is 12.4 Å². The minimum Gasteiger partial charge on any atom is -0.370 e. The molecule has 0 amide bonds. The minimum atomic E-state index is -4.93. The van der Waals surface area contributed by atoms with Gasteiger partial charge in [-0.2, -0.15) is 26.3 Å². The molecule has 3 rings (SSSR count). The third-order valence-electron chi connectivity index (χ3n) is 5.14. The van der Waals surface area contributed by atoms with E-state index >= 15 is 0 Å². The molecule has 0 aliphatic carbocycles. The Morgan fingerprint density at radius 2 is 1.26 bits per heavy atom. The summed E-state index contributed by atoms with van der Waals surface area (Å²) in [6.07, 6.45) is -10.2. The Morgan fingerprint density at radius 1 is 0.794 bits per heavy atom. The molecule has 0 fully saturated rings. The molecule has 3 aromatic rings. The van der Waals surface area contributed by atoms with E-state index in [-0.39, 0.29) is 23.0 Å². The van der Waals surface area contributed by atoms with Gasteiger partial charge in [-0.25, -0.2) is 0 Å². The van der Waals surface area contributed by atoms with Crippen LogP contribution in [0.2, 0.25) is 0 Å².